The maximum absolute atomic E-state index is 13.6. The van der Waals surface area contributed by atoms with Gasteiger partial charge >= 0.3 is 13.3 Å². The Labute approximate surface area is 193 Å². The summed E-state index contributed by atoms with van der Waals surface area (Å²) in [7, 11) is 0.165. The monoisotopic (exact) mass is 469 g/mol. The van der Waals surface area contributed by atoms with Gasteiger partial charge in [0, 0.05) is 22.3 Å². The maximum Gasteiger partial charge on any atom is 0.466 e. The molecule has 1 atom stereocenters. The van der Waals surface area contributed by atoms with Gasteiger partial charge in [-0.1, -0.05) is 58.6 Å². The van der Waals surface area contributed by atoms with Gasteiger partial charge in [-0.05, 0) is 32.4 Å². The minimum absolute atomic E-state index is 0.119. The van der Waals surface area contributed by atoms with Crippen LogP contribution < -0.4 is 14.8 Å². The van der Waals surface area contributed by atoms with Gasteiger partial charge in [0.2, 0.25) is 0 Å². The number of carbonyl (C=O) groups excluding carboxylic acids is 2. The summed E-state index contributed by atoms with van der Waals surface area (Å²) in [4.78, 5) is 26.5. The molecule has 0 bridgehead atoms. The lowest BCUT2D eigenvalue weighted by Gasteiger charge is -2.17. The Hall–Kier alpha value is -3.01. The van der Waals surface area contributed by atoms with Crippen molar-refractivity contribution in [1.29, 1.82) is 0 Å². The summed E-state index contributed by atoms with van der Waals surface area (Å²) >= 11 is 6.24. The molecule has 0 aliphatic heterocycles. The fourth-order valence-electron chi connectivity index (χ4n) is 3.83. The number of carbonyl (C=O) groups is 2. The molecule has 0 heterocycles. The second-order valence-electron chi connectivity index (χ2n) is 7.27. The van der Waals surface area contributed by atoms with Crippen LogP contribution in [0.15, 0.2) is 48.5 Å². The minimum Gasteiger partial charge on any atom is -0.492 e. The lowest BCUT2D eigenvalue weighted by molar-refractivity contribution is 0.103. The summed E-state index contributed by atoms with van der Waals surface area (Å²) in [5, 5.41) is 0.342. The zero-order valence-corrected chi connectivity index (χ0v) is 20.1. The Bertz CT molecular complexity index is 1180. The van der Waals surface area contributed by atoms with Crippen molar-refractivity contribution in [3.63, 3.8) is 0 Å². The van der Waals surface area contributed by atoms with Crippen LogP contribution in [0.1, 0.15) is 43.0 Å². The van der Waals surface area contributed by atoms with E-state index in [-0.39, 0.29) is 33.2 Å². The van der Waals surface area contributed by atoms with Crippen LogP contribution in [-0.4, -0.2) is 25.5 Å². The highest BCUT2D eigenvalue weighted by atomic mass is 35.5. The Kier molecular flexibility index (Phi) is 7.12. The number of aryl methyl sites for hydroxylation is 1. The zero-order chi connectivity index (χ0) is 23.6. The van der Waals surface area contributed by atoms with Gasteiger partial charge in [0.1, 0.15) is 0 Å². The summed E-state index contributed by atoms with van der Waals surface area (Å²) in [6.45, 7) is 5.15. The molecular weight excluding hydrogens is 447 g/mol. The average Bonchev–Trinajstić information content (AvgIpc) is 2.78. The number of benzene rings is 3. The molecule has 0 amide bonds. The molecule has 0 fully saturated rings. The van der Waals surface area contributed by atoms with Crippen molar-refractivity contribution >= 4 is 36.0 Å². The van der Waals surface area contributed by atoms with E-state index in [0.29, 0.717) is 27.8 Å². The quantitative estimate of drug-likeness (QED) is 0.323. The fourth-order valence-corrected chi connectivity index (χ4v) is 5.79. The summed E-state index contributed by atoms with van der Waals surface area (Å²) in [6, 6.07) is 13.9. The molecular formula is C25H23ClO5P+. The first kappa shape index (κ1) is 23.6. The van der Waals surface area contributed by atoms with Gasteiger partial charge in [0.25, 0.3) is 5.30 Å². The molecule has 0 saturated carbocycles. The van der Waals surface area contributed by atoms with Gasteiger partial charge in [0.15, 0.2) is 17.3 Å². The molecule has 0 radical (unpaired) electrons. The first-order valence-electron chi connectivity index (χ1n) is 9.86. The molecule has 0 aliphatic carbocycles. The van der Waals surface area contributed by atoms with E-state index in [1.165, 1.54) is 14.2 Å². The van der Waals surface area contributed by atoms with Crippen molar-refractivity contribution in [2.75, 3.05) is 14.2 Å². The van der Waals surface area contributed by atoms with Gasteiger partial charge in [-0.25, -0.2) is 4.79 Å². The van der Waals surface area contributed by atoms with Crippen molar-refractivity contribution < 1.29 is 23.6 Å². The molecule has 0 aliphatic rings. The standard InChI is InChI=1S/C25H23ClO5P/c1-14-10-9-13-18(26)19(14)25(28)32(29)24-22(30-4)15(2)20(16(3)23(24)31-5)21(27)17-11-7-6-8-12-17/h6-13H,1-5H3/q+1. The molecule has 0 saturated heterocycles. The summed E-state index contributed by atoms with van der Waals surface area (Å²) in [5.41, 5.74) is 2.05. The predicted molar refractivity (Wildman–Crippen MR) is 127 cm³/mol. The molecule has 1 unspecified atom stereocenters. The van der Waals surface area contributed by atoms with Crippen LogP contribution in [0, 0.1) is 20.8 Å². The molecule has 3 aromatic carbocycles. The van der Waals surface area contributed by atoms with E-state index in [1.807, 2.05) is 6.07 Å². The first-order valence-corrected chi connectivity index (χ1v) is 11.5. The van der Waals surface area contributed by atoms with Gasteiger partial charge in [-0.3, -0.25) is 4.79 Å². The second kappa shape index (κ2) is 9.64. The molecule has 0 aromatic heterocycles. The van der Waals surface area contributed by atoms with Crippen LogP contribution >= 0.6 is 19.4 Å². The molecule has 164 valence electrons. The zero-order valence-electron chi connectivity index (χ0n) is 18.5. The highest BCUT2D eigenvalue weighted by Crippen LogP contribution is 2.42. The molecule has 0 spiro atoms. The van der Waals surface area contributed by atoms with Crippen LogP contribution in [0.5, 0.6) is 11.5 Å². The van der Waals surface area contributed by atoms with Gasteiger partial charge in [-0.2, -0.15) is 0 Å². The Morgan fingerprint density at radius 1 is 0.812 bits per heavy atom. The van der Waals surface area contributed by atoms with Crippen LogP contribution in [-0.2, 0) is 4.57 Å². The van der Waals surface area contributed by atoms with Crippen LogP contribution in [0.3, 0.4) is 0 Å². The van der Waals surface area contributed by atoms with E-state index in [0.717, 1.165) is 0 Å². The third-order valence-electron chi connectivity index (χ3n) is 5.36. The van der Waals surface area contributed by atoms with Gasteiger partial charge < -0.3 is 9.47 Å². The largest absolute Gasteiger partial charge is 0.492 e. The lowest BCUT2D eigenvalue weighted by atomic mass is 9.93. The summed E-state index contributed by atoms with van der Waals surface area (Å²) in [6.07, 6.45) is 0. The fraction of sp³-hybridized carbons (Fsp3) is 0.200. The number of ether oxygens (including phenoxy) is 2. The summed E-state index contributed by atoms with van der Waals surface area (Å²) < 4.78 is 24.7. The van der Waals surface area contributed by atoms with E-state index < -0.39 is 13.3 Å². The third-order valence-corrected chi connectivity index (χ3v) is 7.08. The molecule has 32 heavy (non-hydrogen) atoms. The number of hydrogen-bond acceptors (Lipinski definition) is 5. The van der Waals surface area contributed by atoms with Crippen LogP contribution in [0.4, 0.5) is 0 Å². The number of ketones is 1. The summed E-state index contributed by atoms with van der Waals surface area (Å²) in [5.74, 6) is 0.157. The van der Waals surface area contributed by atoms with Gasteiger partial charge in [-0.15, -0.1) is 0 Å². The Morgan fingerprint density at radius 2 is 1.38 bits per heavy atom. The SMILES string of the molecule is COc1c(C)c(C(=O)c2ccccc2)c(C)c(OC)c1[P+](=O)C(=O)c1c(C)cccc1Cl. The molecule has 3 rings (SSSR count). The van der Waals surface area contributed by atoms with Crippen molar-refractivity contribution in [3.8, 4) is 11.5 Å². The highest BCUT2D eigenvalue weighted by Gasteiger charge is 2.43. The topological polar surface area (TPSA) is 69.7 Å². The van der Waals surface area contributed by atoms with Crippen LogP contribution in [0.2, 0.25) is 5.02 Å². The van der Waals surface area contributed by atoms with E-state index in [9.17, 15) is 14.2 Å². The van der Waals surface area contributed by atoms with Crippen molar-refractivity contribution in [3.05, 3.63) is 86.9 Å². The van der Waals surface area contributed by atoms with Crippen molar-refractivity contribution in [2.45, 2.75) is 20.8 Å². The Balaban J connectivity index is 2.25. The Morgan fingerprint density at radius 3 is 1.88 bits per heavy atom. The normalized spacial score (nSPS) is 11.1. The third kappa shape index (κ3) is 4.06. The van der Waals surface area contributed by atoms with Crippen LogP contribution in [0.25, 0.3) is 0 Å². The first-order chi connectivity index (χ1) is 15.2. The van der Waals surface area contributed by atoms with E-state index >= 15 is 0 Å². The highest BCUT2D eigenvalue weighted by molar-refractivity contribution is 7.72. The lowest BCUT2D eigenvalue weighted by Crippen LogP contribution is -2.18. The molecule has 7 heteroatoms. The average molecular weight is 470 g/mol. The van der Waals surface area contributed by atoms with E-state index in [4.69, 9.17) is 21.1 Å². The van der Waals surface area contributed by atoms with Gasteiger partial charge in [0.05, 0.1) is 24.8 Å². The molecule has 0 N–H and O–H groups in total. The number of halogens is 1. The van der Waals surface area contributed by atoms with Crippen molar-refractivity contribution in [2.24, 2.45) is 0 Å². The molecule has 5 nitrogen and oxygen atoms in total. The predicted octanol–water partition coefficient (Wildman–Crippen LogP) is 5.81. The number of hydrogen-bond donors (Lipinski definition) is 0. The molecule has 3 aromatic rings. The van der Waals surface area contributed by atoms with E-state index in [1.54, 1.807) is 63.2 Å². The smallest absolute Gasteiger partial charge is 0.466 e. The van der Waals surface area contributed by atoms with Crippen molar-refractivity contribution in [1.82, 2.24) is 0 Å². The number of methoxy groups -OCH3 is 2. The van der Waals surface area contributed by atoms with E-state index in [2.05, 4.69) is 0 Å². The maximum atomic E-state index is 13.6. The second-order valence-corrected chi connectivity index (χ2v) is 9.12. The number of rotatable bonds is 7. The minimum atomic E-state index is -2.65.